The molecule has 0 saturated carbocycles. The van der Waals surface area contributed by atoms with Crippen LogP contribution in [0.2, 0.25) is 0 Å². The average Bonchev–Trinajstić information content (AvgIpc) is 2.81. The van der Waals surface area contributed by atoms with Crippen molar-refractivity contribution in [2.24, 2.45) is 0 Å². The lowest BCUT2D eigenvalue weighted by Crippen LogP contribution is -2.36. The molecule has 6 heteroatoms. The zero-order valence-electron chi connectivity index (χ0n) is 17.7. The number of anilines is 4. The molecular formula is C25H27N5O. The lowest BCUT2D eigenvalue weighted by molar-refractivity contribution is 0.122. The maximum Gasteiger partial charge on any atom is 0.229 e. The van der Waals surface area contributed by atoms with Gasteiger partial charge in [-0.25, -0.2) is 4.98 Å². The topological polar surface area (TPSA) is 62.3 Å². The molecule has 1 aromatic heterocycles. The molecule has 31 heavy (non-hydrogen) atoms. The van der Waals surface area contributed by atoms with Crippen LogP contribution in [-0.2, 0) is 4.74 Å². The summed E-state index contributed by atoms with van der Waals surface area (Å²) >= 11 is 0. The molecule has 3 aromatic rings. The Bertz CT molecular complexity index is 1150. The van der Waals surface area contributed by atoms with Gasteiger partial charge in [-0.3, -0.25) is 0 Å². The largest absolute Gasteiger partial charge is 0.378 e. The van der Waals surface area contributed by atoms with E-state index in [9.17, 15) is 0 Å². The lowest BCUT2D eigenvalue weighted by atomic mass is 10.2. The van der Waals surface area contributed by atoms with E-state index in [4.69, 9.17) is 4.74 Å². The van der Waals surface area contributed by atoms with E-state index in [-0.39, 0.29) is 0 Å². The van der Waals surface area contributed by atoms with Crippen molar-refractivity contribution >= 4 is 35.8 Å². The number of benzene rings is 2. The van der Waals surface area contributed by atoms with Crippen molar-refractivity contribution in [3.8, 4) is 0 Å². The third kappa shape index (κ3) is 5.49. The molecule has 2 heterocycles. The van der Waals surface area contributed by atoms with Gasteiger partial charge < -0.3 is 20.3 Å². The quantitative estimate of drug-likeness (QED) is 0.647. The first-order valence-corrected chi connectivity index (χ1v) is 10.4. The van der Waals surface area contributed by atoms with Gasteiger partial charge in [0.15, 0.2) is 0 Å². The standard InChI is InChI=1S/C25H27N5O/c1-3-21(18-20-7-5-4-6-19(20)2)27-24-12-13-26-25(29-24)28-22-8-10-23(11-9-22)30-14-16-31-17-15-30/h3-13,18H,2,14-17H2,1H3,(H2,26,27,28,29)/b20-18-,21-3+. The number of morpholine rings is 1. The van der Waals surface area contributed by atoms with Gasteiger partial charge in [0.05, 0.1) is 13.2 Å². The van der Waals surface area contributed by atoms with Crippen LogP contribution < -0.4 is 26.0 Å². The number of allylic oxidation sites excluding steroid dienone is 2. The van der Waals surface area contributed by atoms with Crippen LogP contribution in [0.5, 0.6) is 0 Å². The van der Waals surface area contributed by atoms with E-state index in [1.165, 1.54) is 5.69 Å². The Kier molecular flexibility index (Phi) is 6.59. The van der Waals surface area contributed by atoms with Gasteiger partial charge in [0, 0.05) is 36.4 Å². The maximum absolute atomic E-state index is 5.42. The highest BCUT2D eigenvalue weighted by molar-refractivity contribution is 5.62. The van der Waals surface area contributed by atoms with Gasteiger partial charge in [0.1, 0.15) is 5.82 Å². The molecule has 6 nitrogen and oxygen atoms in total. The molecular weight excluding hydrogens is 386 g/mol. The van der Waals surface area contributed by atoms with Gasteiger partial charge in [-0.1, -0.05) is 36.9 Å². The van der Waals surface area contributed by atoms with Crippen molar-refractivity contribution in [3.05, 3.63) is 83.0 Å². The monoisotopic (exact) mass is 413 g/mol. The second-order valence-corrected chi connectivity index (χ2v) is 7.25. The third-order valence-electron chi connectivity index (χ3n) is 5.10. The van der Waals surface area contributed by atoms with Crippen LogP contribution >= 0.6 is 0 Å². The molecule has 1 aliphatic rings. The van der Waals surface area contributed by atoms with Gasteiger partial charge in [-0.2, -0.15) is 4.98 Å². The Labute approximate surface area is 182 Å². The highest BCUT2D eigenvalue weighted by Crippen LogP contribution is 2.21. The predicted octanol–water partition coefficient (Wildman–Crippen LogP) is 3.26. The Morgan fingerprint density at radius 1 is 1.06 bits per heavy atom. The van der Waals surface area contributed by atoms with Crippen molar-refractivity contribution < 1.29 is 4.74 Å². The van der Waals surface area contributed by atoms with E-state index >= 15 is 0 Å². The minimum Gasteiger partial charge on any atom is -0.378 e. The second kappa shape index (κ2) is 9.91. The minimum atomic E-state index is 0.539. The van der Waals surface area contributed by atoms with Gasteiger partial charge >= 0.3 is 0 Å². The predicted molar refractivity (Wildman–Crippen MR) is 128 cm³/mol. The Morgan fingerprint density at radius 3 is 2.58 bits per heavy atom. The number of ether oxygens (including phenoxy) is 1. The molecule has 0 aliphatic carbocycles. The summed E-state index contributed by atoms with van der Waals surface area (Å²) in [5.74, 6) is 1.26. The fourth-order valence-corrected chi connectivity index (χ4v) is 3.38. The first-order chi connectivity index (χ1) is 15.2. The molecule has 0 bridgehead atoms. The fraction of sp³-hybridized carbons (Fsp3) is 0.200. The van der Waals surface area contributed by atoms with Gasteiger partial charge in [-0.05, 0) is 53.8 Å². The molecule has 0 atom stereocenters. The van der Waals surface area contributed by atoms with Gasteiger partial charge in [-0.15, -0.1) is 0 Å². The third-order valence-corrected chi connectivity index (χ3v) is 5.10. The van der Waals surface area contributed by atoms with Gasteiger partial charge in [0.25, 0.3) is 0 Å². The van der Waals surface area contributed by atoms with Crippen molar-refractivity contribution in [1.29, 1.82) is 0 Å². The Balaban J connectivity index is 1.45. The zero-order chi connectivity index (χ0) is 21.5. The lowest BCUT2D eigenvalue weighted by Gasteiger charge is -2.28. The molecule has 0 spiro atoms. The molecule has 158 valence electrons. The fourth-order valence-electron chi connectivity index (χ4n) is 3.38. The van der Waals surface area contributed by atoms with E-state index in [0.29, 0.717) is 11.8 Å². The summed E-state index contributed by atoms with van der Waals surface area (Å²) in [6, 6.07) is 18.2. The van der Waals surface area contributed by atoms with Crippen LogP contribution in [0.3, 0.4) is 0 Å². The number of hydrogen-bond acceptors (Lipinski definition) is 6. The normalized spacial score (nSPS) is 15.1. The second-order valence-electron chi connectivity index (χ2n) is 7.25. The van der Waals surface area contributed by atoms with Crippen molar-refractivity contribution in [2.75, 3.05) is 41.8 Å². The minimum absolute atomic E-state index is 0.539. The highest BCUT2D eigenvalue weighted by atomic mass is 16.5. The van der Waals surface area contributed by atoms with Crippen LogP contribution in [0.15, 0.2) is 72.6 Å². The molecule has 1 aliphatic heterocycles. The van der Waals surface area contributed by atoms with Crippen molar-refractivity contribution in [3.63, 3.8) is 0 Å². The zero-order valence-corrected chi connectivity index (χ0v) is 17.7. The smallest absolute Gasteiger partial charge is 0.229 e. The van der Waals surface area contributed by atoms with Crippen LogP contribution in [-0.4, -0.2) is 36.3 Å². The van der Waals surface area contributed by atoms with Crippen LogP contribution in [0.4, 0.5) is 23.1 Å². The number of hydrogen-bond donors (Lipinski definition) is 2. The van der Waals surface area contributed by atoms with E-state index in [0.717, 1.165) is 48.1 Å². The maximum atomic E-state index is 5.42. The highest BCUT2D eigenvalue weighted by Gasteiger charge is 2.11. The van der Waals surface area contributed by atoms with Gasteiger partial charge in [0.2, 0.25) is 5.95 Å². The molecule has 0 amide bonds. The molecule has 1 saturated heterocycles. The molecule has 0 unspecified atom stereocenters. The molecule has 2 aromatic carbocycles. The number of aromatic nitrogens is 2. The average molecular weight is 414 g/mol. The van der Waals surface area contributed by atoms with E-state index in [1.54, 1.807) is 6.20 Å². The van der Waals surface area contributed by atoms with Crippen molar-refractivity contribution in [2.45, 2.75) is 6.92 Å². The Morgan fingerprint density at radius 2 is 1.84 bits per heavy atom. The molecule has 4 rings (SSSR count). The summed E-state index contributed by atoms with van der Waals surface area (Å²) in [4.78, 5) is 11.3. The summed E-state index contributed by atoms with van der Waals surface area (Å²) < 4.78 is 5.42. The number of nitrogens with zero attached hydrogens (tertiary/aromatic N) is 3. The van der Waals surface area contributed by atoms with Crippen molar-refractivity contribution in [1.82, 2.24) is 9.97 Å². The molecule has 2 N–H and O–H groups in total. The van der Waals surface area contributed by atoms with E-state index < -0.39 is 0 Å². The summed E-state index contributed by atoms with van der Waals surface area (Å²) in [6.45, 7) is 9.47. The van der Waals surface area contributed by atoms with Crippen LogP contribution in [0, 0.1) is 0 Å². The number of nitrogens with one attached hydrogen (secondary N) is 2. The summed E-state index contributed by atoms with van der Waals surface area (Å²) in [5, 5.41) is 8.68. The summed E-state index contributed by atoms with van der Waals surface area (Å²) in [7, 11) is 0. The summed E-state index contributed by atoms with van der Waals surface area (Å²) in [6.07, 6.45) is 5.80. The molecule has 1 fully saturated rings. The Hall–Kier alpha value is -3.64. The summed E-state index contributed by atoms with van der Waals surface area (Å²) in [5.41, 5.74) is 3.08. The number of rotatable bonds is 6. The molecule has 0 radical (unpaired) electrons. The SMILES string of the molecule is C=c1cccc/c1=C/C(=C\C)Nc1ccnc(Nc2ccc(N3CCOCC3)cc2)n1. The van der Waals surface area contributed by atoms with E-state index in [1.807, 2.05) is 55.5 Å². The first-order valence-electron chi connectivity index (χ1n) is 10.4. The first kappa shape index (κ1) is 20.6. The van der Waals surface area contributed by atoms with E-state index in [2.05, 4.69) is 50.3 Å². The van der Waals surface area contributed by atoms with Crippen LogP contribution in [0.25, 0.3) is 12.7 Å². The van der Waals surface area contributed by atoms with Crippen LogP contribution in [0.1, 0.15) is 6.92 Å².